The highest BCUT2D eigenvalue weighted by Crippen LogP contribution is 2.12. The van der Waals surface area contributed by atoms with Crippen molar-refractivity contribution in [3.63, 3.8) is 0 Å². The number of hydrogen-bond donors (Lipinski definition) is 0. The molecule has 0 heterocycles. The van der Waals surface area contributed by atoms with Gasteiger partial charge >= 0.3 is 5.97 Å². The standard InChI is InChI=1S/C17H24FNO3/c1-4-5-6-16(20)19(11-13(2)17(21)22-3)12-14-7-9-15(18)10-8-14/h7-10,13H,4-6,11-12H2,1-3H3. The Morgan fingerprint density at radius 3 is 2.45 bits per heavy atom. The summed E-state index contributed by atoms with van der Waals surface area (Å²) in [5.41, 5.74) is 0.836. The smallest absolute Gasteiger partial charge is 0.310 e. The Morgan fingerprint density at radius 2 is 1.91 bits per heavy atom. The molecular formula is C17H24FNO3. The van der Waals surface area contributed by atoms with E-state index >= 15 is 0 Å². The molecule has 0 N–H and O–H groups in total. The Kier molecular flexibility index (Phi) is 7.57. The van der Waals surface area contributed by atoms with Crippen LogP contribution in [0.25, 0.3) is 0 Å². The Hall–Kier alpha value is -1.91. The van der Waals surface area contributed by atoms with Gasteiger partial charge in [0.1, 0.15) is 5.82 Å². The molecule has 0 bridgehead atoms. The molecule has 1 amide bonds. The molecule has 1 atom stereocenters. The quantitative estimate of drug-likeness (QED) is 0.693. The van der Waals surface area contributed by atoms with Gasteiger partial charge in [0.2, 0.25) is 5.91 Å². The minimum absolute atomic E-state index is 0.00179. The van der Waals surface area contributed by atoms with E-state index in [4.69, 9.17) is 4.74 Å². The molecule has 0 aliphatic carbocycles. The van der Waals surface area contributed by atoms with Crippen molar-refractivity contribution < 1.29 is 18.7 Å². The first-order valence-electron chi connectivity index (χ1n) is 7.58. The van der Waals surface area contributed by atoms with E-state index in [0.29, 0.717) is 19.5 Å². The second-order valence-corrected chi connectivity index (χ2v) is 5.43. The SMILES string of the molecule is CCCCC(=O)N(Cc1ccc(F)cc1)CC(C)C(=O)OC. The number of carbonyl (C=O) groups is 2. The molecule has 5 heteroatoms. The Labute approximate surface area is 131 Å². The number of methoxy groups -OCH3 is 1. The zero-order valence-corrected chi connectivity index (χ0v) is 13.5. The van der Waals surface area contributed by atoms with Crippen LogP contribution in [0.5, 0.6) is 0 Å². The lowest BCUT2D eigenvalue weighted by Crippen LogP contribution is -2.36. The lowest BCUT2D eigenvalue weighted by molar-refractivity contribution is -0.146. The monoisotopic (exact) mass is 309 g/mol. The molecule has 0 aliphatic heterocycles. The van der Waals surface area contributed by atoms with Gasteiger partial charge in [-0.15, -0.1) is 0 Å². The van der Waals surface area contributed by atoms with Crippen molar-refractivity contribution >= 4 is 11.9 Å². The fourth-order valence-corrected chi connectivity index (χ4v) is 2.16. The fourth-order valence-electron chi connectivity index (χ4n) is 2.16. The molecule has 122 valence electrons. The number of nitrogens with zero attached hydrogens (tertiary/aromatic N) is 1. The van der Waals surface area contributed by atoms with Crippen LogP contribution in [-0.4, -0.2) is 30.4 Å². The topological polar surface area (TPSA) is 46.6 Å². The third kappa shape index (κ3) is 5.84. The Balaban J connectivity index is 2.78. The maximum Gasteiger partial charge on any atom is 0.310 e. The largest absolute Gasteiger partial charge is 0.469 e. The van der Waals surface area contributed by atoms with E-state index in [1.165, 1.54) is 19.2 Å². The predicted molar refractivity (Wildman–Crippen MR) is 82.5 cm³/mol. The number of hydrogen-bond acceptors (Lipinski definition) is 3. The van der Waals surface area contributed by atoms with E-state index in [1.54, 1.807) is 24.0 Å². The number of halogens is 1. The summed E-state index contributed by atoms with van der Waals surface area (Å²) in [5, 5.41) is 0. The van der Waals surface area contributed by atoms with Crippen LogP contribution in [0.4, 0.5) is 4.39 Å². The second-order valence-electron chi connectivity index (χ2n) is 5.43. The Bertz CT molecular complexity index is 487. The molecule has 0 fully saturated rings. The molecular weight excluding hydrogens is 285 g/mol. The van der Waals surface area contributed by atoms with Gasteiger partial charge in [0, 0.05) is 19.5 Å². The van der Waals surface area contributed by atoms with Crippen molar-refractivity contribution in [2.45, 2.75) is 39.7 Å². The number of ether oxygens (including phenoxy) is 1. The molecule has 4 nitrogen and oxygen atoms in total. The van der Waals surface area contributed by atoms with Gasteiger partial charge in [-0.05, 0) is 24.1 Å². The van der Waals surface area contributed by atoms with Crippen LogP contribution in [0.15, 0.2) is 24.3 Å². The number of unbranched alkanes of at least 4 members (excludes halogenated alkanes) is 1. The van der Waals surface area contributed by atoms with Gasteiger partial charge in [-0.3, -0.25) is 9.59 Å². The summed E-state index contributed by atoms with van der Waals surface area (Å²) in [7, 11) is 1.34. The summed E-state index contributed by atoms with van der Waals surface area (Å²) in [6.07, 6.45) is 2.19. The number of carbonyl (C=O) groups excluding carboxylic acids is 2. The van der Waals surface area contributed by atoms with Crippen LogP contribution < -0.4 is 0 Å². The summed E-state index contributed by atoms with van der Waals surface area (Å²) in [4.78, 5) is 25.5. The highest BCUT2D eigenvalue weighted by Gasteiger charge is 2.21. The van der Waals surface area contributed by atoms with Crippen molar-refractivity contribution in [3.8, 4) is 0 Å². The minimum Gasteiger partial charge on any atom is -0.469 e. The van der Waals surface area contributed by atoms with Crippen LogP contribution >= 0.6 is 0 Å². The van der Waals surface area contributed by atoms with Crippen molar-refractivity contribution in [2.75, 3.05) is 13.7 Å². The molecule has 0 radical (unpaired) electrons. The predicted octanol–water partition coefficient (Wildman–Crippen LogP) is 3.15. The van der Waals surface area contributed by atoms with Crippen LogP contribution in [-0.2, 0) is 20.9 Å². The first-order chi connectivity index (χ1) is 10.5. The highest BCUT2D eigenvalue weighted by molar-refractivity contribution is 5.78. The zero-order valence-electron chi connectivity index (χ0n) is 13.5. The van der Waals surface area contributed by atoms with Crippen molar-refractivity contribution in [3.05, 3.63) is 35.6 Å². The van der Waals surface area contributed by atoms with Crippen molar-refractivity contribution in [1.82, 2.24) is 4.90 Å². The zero-order chi connectivity index (χ0) is 16.5. The van der Waals surface area contributed by atoms with E-state index < -0.39 is 5.92 Å². The highest BCUT2D eigenvalue weighted by atomic mass is 19.1. The molecule has 0 saturated heterocycles. The first-order valence-corrected chi connectivity index (χ1v) is 7.58. The van der Waals surface area contributed by atoms with E-state index in [-0.39, 0.29) is 17.7 Å². The minimum atomic E-state index is -0.393. The van der Waals surface area contributed by atoms with Gasteiger partial charge in [-0.1, -0.05) is 32.4 Å². The molecule has 1 unspecified atom stereocenters. The normalized spacial score (nSPS) is 11.8. The molecule has 1 aromatic rings. The summed E-state index contributed by atoms with van der Waals surface area (Å²) >= 11 is 0. The third-order valence-corrected chi connectivity index (χ3v) is 3.48. The van der Waals surface area contributed by atoms with Gasteiger partial charge in [0.25, 0.3) is 0 Å². The van der Waals surface area contributed by atoms with Gasteiger partial charge < -0.3 is 9.64 Å². The molecule has 0 spiro atoms. The maximum absolute atomic E-state index is 13.0. The first kappa shape index (κ1) is 18.1. The second kappa shape index (κ2) is 9.18. The van der Waals surface area contributed by atoms with E-state index in [1.807, 2.05) is 6.92 Å². The van der Waals surface area contributed by atoms with Crippen LogP contribution in [0, 0.1) is 11.7 Å². The van der Waals surface area contributed by atoms with Crippen LogP contribution in [0.2, 0.25) is 0 Å². The van der Waals surface area contributed by atoms with Crippen molar-refractivity contribution in [2.24, 2.45) is 5.92 Å². The number of esters is 1. The number of rotatable bonds is 8. The molecule has 0 aliphatic rings. The molecule has 0 aromatic heterocycles. The van der Waals surface area contributed by atoms with Crippen LogP contribution in [0.1, 0.15) is 38.7 Å². The Morgan fingerprint density at radius 1 is 1.27 bits per heavy atom. The summed E-state index contributed by atoms with van der Waals surface area (Å²) < 4.78 is 17.7. The average Bonchev–Trinajstić information content (AvgIpc) is 2.52. The third-order valence-electron chi connectivity index (χ3n) is 3.48. The summed E-state index contributed by atoms with van der Waals surface area (Å²) in [6.45, 7) is 4.42. The molecule has 1 aromatic carbocycles. The van der Waals surface area contributed by atoms with Gasteiger partial charge in [0.15, 0.2) is 0 Å². The lowest BCUT2D eigenvalue weighted by atomic mass is 10.1. The van der Waals surface area contributed by atoms with Gasteiger partial charge in [0.05, 0.1) is 13.0 Å². The lowest BCUT2D eigenvalue weighted by Gasteiger charge is -2.25. The van der Waals surface area contributed by atoms with E-state index in [9.17, 15) is 14.0 Å². The van der Waals surface area contributed by atoms with Crippen molar-refractivity contribution in [1.29, 1.82) is 0 Å². The fraction of sp³-hybridized carbons (Fsp3) is 0.529. The molecule has 22 heavy (non-hydrogen) atoms. The van der Waals surface area contributed by atoms with Crippen LogP contribution in [0.3, 0.4) is 0 Å². The number of benzene rings is 1. The van der Waals surface area contributed by atoms with E-state index in [0.717, 1.165) is 18.4 Å². The average molecular weight is 309 g/mol. The maximum atomic E-state index is 13.0. The van der Waals surface area contributed by atoms with Gasteiger partial charge in [-0.25, -0.2) is 4.39 Å². The molecule has 0 saturated carbocycles. The summed E-state index contributed by atoms with van der Waals surface area (Å²) in [5.74, 6) is -1.04. The summed E-state index contributed by atoms with van der Waals surface area (Å²) in [6, 6.07) is 6.04. The van der Waals surface area contributed by atoms with Gasteiger partial charge in [-0.2, -0.15) is 0 Å². The van der Waals surface area contributed by atoms with E-state index in [2.05, 4.69) is 0 Å². The molecule has 1 rings (SSSR count). The number of amides is 1.